The lowest BCUT2D eigenvalue weighted by atomic mass is 10.3. The van der Waals surface area contributed by atoms with E-state index in [-0.39, 0.29) is 5.82 Å². The number of carbonyl (C=O) groups excluding carboxylic acids is 1. The van der Waals surface area contributed by atoms with Gasteiger partial charge in [-0.15, -0.1) is 5.10 Å². The number of aromatic nitrogens is 3. The highest BCUT2D eigenvalue weighted by atomic mass is 35.5. The molecule has 0 bridgehead atoms. The van der Waals surface area contributed by atoms with E-state index in [9.17, 15) is 4.79 Å². The molecule has 0 radical (unpaired) electrons. The summed E-state index contributed by atoms with van der Waals surface area (Å²) < 4.78 is 5.17. The summed E-state index contributed by atoms with van der Waals surface area (Å²) in [6.07, 6.45) is 2.19. The molecule has 0 aliphatic heterocycles. The van der Waals surface area contributed by atoms with Crippen molar-refractivity contribution >= 4 is 23.2 Å². The van der Waals surface area contributed by atoms with Crippen molar-refractivity contribution < 1.29 is 9.53 Å². The van der Waals surface area contributed by atoms with E-state index in [1.807, 2.05) is 0 Å². The van der Waals surface area contributed by atoms with E-state index in [1.54, 1.807) is 18.2 Å². The quantitative estimate of drug-likeness (QED) is 0.908. The Bertz CT molecular complexity index is 652. The standard InChI is InChI=1S/C13H13ClN4O2/c1-20-10-5-4-8(14)6-9(10)15-13(19)12-16-11(17-18-12)7-2-3-7/h4-7H,2-3H2,1H3,(H,15,19)(H,16,17,18). The second-order valence-electron chi connectivity index (χ2n) is 4.62. The molecule has 0 spiro atoms. The largest absolute Gasteiger partial charge is 0.495 e. The van der Waals surface area contributed by atoms with Gasteiger partial charge in [0.15, 0.2) is 0 Å². The fraction of sp³-hybridized carbons (Fsp3) is 0.308. The van der Waals surface area contributed by atoms with Crippen LogP contribution in [0.5, 0.6) is 5.75 Å². The number of H-pyrrole nitrogens is 1. The number of nitrogens with zero attached hydrogens (tertiary/aromatic N) is 2. The van der Waals surface area contributed by atoms with E-state index in [1.165, 1.54) is 7.11 Å². The Hall–Kier alpha value is -2.08. The van der Waals surface area contributed by atoms with Gasteiger partial charge in [-0.3, -0.25) is 9.89 Å². The van der Waals surface area contributed by atoms with Crippen LogP contribution in [0.4, 0.5) is 5.69 Å². The molecule has 1 aromatic carbocycles. The Morgan fingerprint density at radius 3 is 3.00 bits per heavy atom. The number of aromatic amines is 1. The molecule has 1 aliphatic carbocycles. The Kier molecular flexibility index (Phi) is 3.31. The molecule has 0 atom stereocenters. The smallest absolute Gasteiger partial charge is 0.295 e. The number of rotatable bonds is 4. The van der Waals surface area contributed by atoms with Crippen molar-refractivity contribution in [1.29, 1.82) is 0 Å². The van der Waals surface area contributed by atoms with Crippen LogP contribution in [-0.4, -0.2) is 28.2 Å². The second kappa shape index (κ2) is 5.13. The number of hydrogen-bond acceptors (Lipinski definition) is 4. The van der Waals surface area contributed by atoms with Gasteiger partial charge in [-0.05, 0) is 31.0 Å². The number of methoxy groups -OCH3 is 1. The summed E-state index contributed by atoms with van der Waals surface area (Å²) in [7, 11) is 1.52. The van der Waals surface area contributed by atoms with E-state index in [0.29, 0.717) is 22.4 Å². The summed E-state index contributed by atoms with van der Waals surface area (Å²) in [4.78, 5) is 16.3. The highest BCUT2D eigenvalue weighted by molar-refractivity contribution is 6.31. The van der Waals surface area contributed by atoms with Crippen LogP contribution in [-0.2, 0) is 0 Å². The number of anilines is 1. The monoisotopic (exact) mass is 292 g/mol. The first-order valence-corrected chi connectivity index (χ1v) is 6.62. The van der Waals surface area contributed by atoms with Gasteiger partial charge in [-0.1, -0.05) is 11.6 Å². The summed E-state index contributed by atoms with van der Waals surface area (Å²) in [5.41, 5.74) is 0.489. The molecule has 1 amide bonds. The van der Waals surface area contributed by atoms with Gasteiger partial charge in [0.05, 0.1) is 12.8 Å². The normalized spacial score (nSPS) is 14.1. The van der Waals surface area contributed by atoms with Crippen LogP contribution in [0.1, 0.15) is 35.2 Å². The Morgan fingerprint density at radius 1 is 1.50 bits per heavy atom. The molecule has 1 aromatic heterocycles. The molecule has 0 unspecified atom stereocenters. The van der Waals surface area contributed by atoms with Crippen LogP contribution in [0, 0.1) is 0 Å². The lowest BCUT2D eigenvalue weighted by molar-refractivity contribution is 0.101. The van der Waals surface area contributed by atoms with Gasteiger partial charge < -0.3 is 10.1 Å². The zero-order chi connectivity index (χ0) is 14.1. The van der Waals surface area contributed by atoms with E-state index >= 15 is 0 Å². The minimum atomic E-state index is -0.395. The molecule has 7 heteroatoms. The van der Waals surface area contributed by atoms with Crippen LogP contribution in [0.3, 0.4) is 0 Å². The first kappa shape index (κ1) is 12.9. The summed E-state index contributed by atoms with van der Waals surface area (Å²) in [5.74, 6) is 1.45. The number of hydrogen-bond donors (Lipinski definition) is 2. The van der Waals surface area contributed by atoms with Gasteiger partial charge in [-0.2, -0.15) is 0 Å². The molecule has 6 nitrogen and oxygen atoms in total. The Balaban J connectivity index is 1.79. The third kappa shape index (κ3) is 2.60. The van der Waals surface area contributed by atoms with Crippen LogP contribution in [0.15, 0.2) is 18.2 Å². The maximum absolute atomic E-state index is 12.1. The van der Waals surface area contributed by atoms with Crippen molar-refractivity contribution in [2.75, 3.05) is 12.4 Å². The number of nitrogens with one attached hydrogen (secondary N) is 2. The number of ether oxygens (including phenoxy) is 1. The number of halogens is 1. The highest BCUT2D eigenvalue weighted by Gasteiger charge is 2.28. The average molecular weight is 293 g/mol. The third-order valence-corrected chi connectivity index (χ3v) is 3.31. The molecule has 1 saturated carbocycles. The number of amides is 1. The molecule has 1 aliphatic rings. The zero-order valence-corrected chi connectivity index (χ0v) is 11.6. The first-order valence-electron chi connectivity index (χ1n) is 6.24. The topological polar surface area (TPSA) is 79.9 Å². The highest BCUT2D eigenvalue weighted by Crippen LogP contribution is 2.37. The van der Waals surface area contributed by atoms with E-state index in [4.69, 9.17) is 16.3 Å². The third-order valence-electron chi connectivity index (χ3n) is 3.08. The van der Waals surface area contributed by atoms with Crippen molar-refractivity contribution in [3.05, 3.63) is 34.9 Å². The Morgan fingerprint density at radius 2 is 2.30 bits per heavy atom. The minimum absolute atomic E-state index is 0.119. The van der Waals surface area contributed by atoms with Crippen molar-refractivity contribution in [3.63, 3.8) is 0 Å². The summed E-state index contributed by atoms with van der Waals surface area (Å²) >= 11 is 5.91. The SMILES string of the molecule is COc1ccc(Cl)cc1NC(=O)c1n[nH]c(C2CC2)n1. The van der Waals surface area contributed by atoms with E-state index in [0.717, 1.165) is 18.7 Å². The van der Waals surface area contributed by atoms with Crippen molar-refractivity contribution in [3.8, 4) is 5.75 Å². The lowest BCUT2D eigenvalue weighted by Crippen LogP contribution is -2.14. The summed E-state index contributed by atoms with van der Waals surface area (Å²) in [6, 6.07) is 4.99. The molecule has 104 valence electrons. The molecule has 3 rings (SSSR count). The molecule has 1 fully saturated rings. The molecule has 2 N–H and O–H groups in total. The lowest BCUT2D eigenvalue weighted by Gasteiger charge is -2.08. The zero-order valence-electron chi connectivity index (χ0n) is 10.8. The first-order chi connectivity index (χ1) is 9.67. The van der Waals surface area contributed by atoms with Gasteiger partial charge in [0.25, 0.3) is 5.91 Å². The van der Waals surface area contributed by atoms with Crippen molar-refractivity contribution in [2.45, 2.75) is 18.8 Å². The maximum atomic E-state index is 12.1. The van der Waals surface area contributed by atoms with Crippen LogP contribution in [0.2, 0.25) is 5.02 Å². The molecular weight excluding hydrogens is 280 g/mol. The number of benzene rings is 1. The summed E-state index contributed by atoms with van der Waals surface area (Å²) in [5, 5.41) is 9.93. The van der Waals surface area contributed by atoms with Gasteiger partial charge in [0, 0.05) is 10.9 Å². The molecular formula is C13H13ClN4O2. The van der Waals surface area contributed by atoms with Gasteiger partial charge >= 0.3 is 0 Å². The second-order valence-corrected chi connectivity index (χ2v) is 5.05. The fourth-order valence-electron chi connectivity index (χ4n) is 1.87. The maximum Gasteiger partial charge on any atom is 0.295 e. The Labute approximate surface area is 120 Å². The van der Waals surface area contributed by atoms with Crippen LogP contribution in [0.25, 0.3) is 0 Å². The molecule has 2 aromatic rings. The predicted molar refractivity (Wildman–Crippen MR) is 74.3 cm³/mol. The van der Waals surface area contributed by atoms with Crippen LogP contribution >= 0.6 is 11.6 Å². The van der Waals surface area contributed by atoms with Gasteiger partial charge in [0.1, 0.15) is 11.6 Å². The van der Waals surface area contributed by atoms with Crippen LogP contribution < -0.4 is 10.1 Å². The summed E-state index contributed by atoms with van der Waals surface area (Å²) in [6.45, 7) is 0. The molecule has 0 saturated heterocycles. The van der Waals surface area contributed by atoms with E-state index in [2.05, 4.69) is 20.5 Å². The fourth-order valence-corrected chi connectivity index (χ4v) is 2.04. The van der Waals surface area contributed by atoms with Gasteiger partial charge in [0.2, 0.25) is 5.82 Å². The number of carbonyl (C=O) groups is 1. The molecule has 20 heavy (non-hydrogen) atoms. The predicted octanol–water partition coefficient (Wildman–Crippen LogP) is 2.60. The van der Waals surface area contributed by atoms with Gasteiger partial charge in [-0.25, -0.2) is 4.98 Å². The average Bonchev–Trinajstić information content (AvgIpc) is 3.16. The van der Waals surface area contributed by atoms with Crippen molar-refractivity contribution in [1.82, 2.24) is 15.2 Å². The molecule has 1 heterocycles. The minimum Gasteiger partial charge on any atom is -0.495 e. The van der Waals surface area contributed by atoms with Crippen molar-refractivity contribution in [2.24, 2.45) is 0 Å². The van der Waals surface area contributed by atoms with E-state index < -0.39 is 5.91 Å².